The Morgan fingerprint density at radius 2 is 1.73 bits per heavy atom. The van der Waals surface area contributed by atoms with E-state index < -0.39 is 0 Å². The Labute approximate surface area is 165 Å². The second-order valence-corrected chi connectivity index (χ2v) is 6.63. The van der Waals surface area contributed by atoms with Crippen LogP contribution in [0.2, 0.25) is 15.1 Å². The lowest BCUT2D eigenvalue weighted by molar-refractivity contribution is -0.120. The van der Waals surface area contributed by atoms with Crippen molar-refractivity contribution in [3.05, 3.63) is 81.0 Å². The standard InChI is InChI=1S/C19H13Cl3N2O2/c20-15-10-17(22)16(21)9-14(15)18-7-6-13(26-18)11-23-24-19(25)8-12-4-2-1-3-5-12/h1-7,9-11H,8H2,(H,24,25)/b23-11-. The molecule has 7 heteroatoms. The van der Waals surface area contributed by atoms with Crippen LogP contribution in [0.4, 0.5) is 0 Å². The van der Waals surface area contributed by atoms with Crippen molar-refractivity contribution < 1.29 is 9.21 Å². The van der Waals surface area contributed by atoms with Crippen molar-refractivity contribution in [2.24, 2.45) is 5.10 Å². The fraction of sp³-hybridized carbons (Fsp3) is 0.0526. The summed E-state index contributed by atoms with van der Waals surface area (Å²) in [5.74, 6) is 0.763. The monoisotopic (exact) mass is 406 g/mol. The minimum absolute atomic E-state index is 0.216. The first kappa shape index (κ1) is 18.5. The highest BCUT2D eigenvalue weighted by Crippen LogP contribution is 2.35. The number of nitrogens with one attached hydrogen (secondary N) is 1. The van der Waals surface area contributed by atoms with Crippen LogP contribution in [-0.2, 0) is 11.2 Å². The SMILES string of the molecule is O=C(Cc1ccccc1)N/N=C\c1ccc(-c2cc(Cl)c(Cl)cc2Cl)o1. The Morgan fingerprint density at radius 3 is 2.50 bits per heavy atom. The lowest BCUT2D eigenvalue weighted by Crippen LogP contribution is -2.19. The maximum Gasteiger partial charge on any atom is 0.244 e. The van der Waals surface area contributed by atoms with Crippen molar-refractivity contribution in [2.45, 2.75) is 6.42 Å². The van der Waals surface area contributed by atoms with Gasteiger partial charge in [0.1, 0.15) is 11.5 Å². The third-order valence-electron chi connectivity index (χ3n) is 3.49. The van der Waals surface area contributed by atoms with Crippen molar-refractivity contribution in [1.82, 2.24) is 5.43 Å². The average Bonchev–Trinajstić information content (AvgIpc) is 3.07. The molecule has 3 aromatic rings. The molecule has 1 amide bonds. The summed E-state index contributed by atoms with van der Waals surface area (Å²) in [7, 11) is 0. The van der Waals surface area contributed by atoms with Crippen LogP contribution in [0.25, 0.3) is 11.3 Å². The topological polar surface area (TPSA) is 54.6 Å². The van der Waals surface area contributed by atoms with E-state index in [4.69, 9.17) is 39.2 Å². The molecule has 1 heterocycles. The molecule has 3 rings (SSSR count). The normalized spacial score (nSPS) is 11.0. The van der Waals surface area contributed by atoms with E-state index in [-0.39, 0.29) is 12.3 Å². The first-order chi connectivity index (χ1) is 12.5. The zero-order valence-electron chi connectivity index (χ0n) is 13.4. The minimum atomic E-state index is -0.216. The summed E-state index contributed by atoms with van der Waals surface area (Å²) < 4.78 is 5.66. The van der Waals surface area contributed by atoms with E-state index in [9.17, 15) is 4.79 Å². The number of hydrogen-bond acceptors (Lipinski definition) is 3. The fourth-order valence-electron chi connectivity index (χ4n) is 2.27. The predicted octanol–water partition coefficient (Wildman–Crippen LogP) is 5.60. The maximum absolute atomic E-state index is 11.8. The van der Waals surface area contributed by atoms with Gasteiger partial charge in [-0.25, -0.2) is 5.43 Å². The van der Waals surface area contributed by atoms with Gasteiger partial charge in [0.05, 0.1) is 27.7 Å². The Bertz CT molecular complexity index is 953. The summed E-state index contributed by atoms with van der Waals surface area (Å²) in [5.41, 5.74) is 3.99. The van der Waals surface area contributed by atoms with Crippen LogP contribution in [-0.4, -0.2) is 12.1 Å². The van der Waals surface area contributed by atoms with Crippen molar-refractivity contribution in [3.63, 3.8) is 0 Å². The van der Waals surface area contributed by atoms with Crippen LogP contribution in [0.15, 0.2) is 64.1 Å². The summed E-state index contributed by atoms with van der Waals surface area (Å²) >= 11 is 18.1. The first-order valence-electron chi connectivity index (χ1n) is 7.63. The molecule has 0 fully saturated rings. The highest BCUT2D eigenvalue weighted by Gasteiger charge is 2.11. The molecule has 1 aromatic heterocycles. The molecule has 132 valence electrons. The lowest BCUT2D eigenvalue weighted by atomic mass is 10.1. The van der Waals surface area contributed by atoms with Crippen molar-refractivity contribution in [1.29, 1.82) is 0 Å². The van der Waals surface area contributed by atoms with E-state index in [2.05, 4.69) is 10.5 Å². The Balaban J connectivity index is 1.64. The van der Waals surface area contributed by atoms with Gasteiger partial charge in [-0.05, 0) is 29.8 Å². The van der Waals surface area contributed by atoms with E-state index in [1.165, 1.54) is 6.21 Å². The molecular weight excluding hydrogens is 395 g/mol. The number of furan rings is 1. The average molecular weight is 408 g/mol. The molecule has 0 aliphatic heterocycles. The largest absolute Gasteiger partial charge is 0.455 e. The number of benzene rings is 2. The van der Waals surface area contributed by atoms with Gasteiger partial charge in [-0.15, -0.1) is 0 Å². The zero-order chi connectivity index (χ0) is 18.5. The molecule has 2 aromatic carbocycles. The third kappa shape index (κ3) is 4.67. The summed E-state index contributed by atoms with van der Waals surface area (Å²) in [6.07, 6.45) is 1.66. The van der Waals surface area contributed by atoms with Gasteiger partial charge in [0.2, 0.25) is 5.91 Å². The van der Waals surface area contributed by atoms with Crippen LogP contribution in [0, 0.1) is 0 Å². The van der Waals surface area contributed by atoms with Crippen LogP contribution in [0.5, 0.6) is 0 Å². The van der Waals surface area contributed by atoms with Crippen LogP contribution < -0.4 is 5.43 Å². The molecule has 0 saturated heterocycles. The van der Waals surface area contributed by atoms with Gasteiger partial charge in [-0.3, -0.25) is 4.79 Å². The van der Waals surface area contributed by atoms with Gasteiger partial charge in [-0.2, -0.15) is 5.10 Å². The van der Waals surface area contributed by atoms with Gasteiger partial charge < -0.3 is 4.42 Å². The number of halogens is 3. The van der Waals surface area contributed by atoms with Crippen molar-refractivity contribution >= 4 is 46.9 Å². The molecule has 0 aliphatic carbocycles. The van der Waals surface area contributed by atoms with Gasteiger partial charge in [0.15, 0.2) is 0 Å². The summed E-state index contributed by atoms with van der Waals surface area (Å²) in [5, 5.41) is 5.08. The number of rotatable bonds is 5. The number of nitrogens with zero attached hydrogens (tertiary/aromatic N) is 1. The Hall–Kier alpha value is -2.27. The predicted molar refractivity (Wildman–Crippen MR) is 105 cm³/mol. The number of carbonyl (C=O) groups excluding carboxylic acids is 1. The van der Waals surface area contributed by atoms with Crippen molar-refractivity contribution in [3.8, 4) is 11.3 Å². The van der Waals surface area contributed by atoms with Gasteiger partial charge in [0.25, 0.3) is 0 Å². The molecule has 0 saturated carbocycles. The van der Waals surface area contributed by atoms with E-state index in [1.54, 1.807) is 24.3 Å². The number of hydrazone groups is 1. The molecule has 4 nitrogen and oxygen atoms in total. The molecule has 0 spiro atoms. The lowest BCUT2D eigenvalue weighted by Gasteiger charge is -2.03. The van der Waals surface area contributed by atoms with Crippen LogP contribution >= 0.6 is 34.8 Å². The summed E-state index contributed by atoms with van der Waals surface area (Å²) in [4.78, 5) is 11.8. The smallest absolute Gasteiger partial charge is 0.244 e. The second-order valence-electron chi connectivity index (χ2n) is 5.40. The van der Waals surface area contributed by atoms with Gasteiger partial charge >= 0.3 is 0 Å². The molecule has 0 atom stereocenters. The molecule has 0 aliphatic rings. The molecule has 26 heavy (non-hydrogen) atoms. The number of carbonyl (C=O) groups is 1. The summed E-state index contributed by atoms with van der Waals surface area (Å²) in [6, 6.07) is 16.0. The fourth-order valence-corrected chi connectivity index (χ4v) is 2.91. The quantitative estimate of drug-likeness (QED) is 0.340. The van der Waals surface area contributed by atoms with E-state index >= 15 is 0 Å². The molecule has 0 unspecified atom stereocenters. The van der Waals surface area contributed by atoms with Crippen LogP contribution in [0.1, 0.15) is 11.3 Å². The van der Waals surface area contributed by atoms with Gasteiger partial charge in [-0.1, -0.05) is 65.1 Å². The Morgan fingerprint density at radius 1 is 1.00 bits per heavy atom. The highest BCUT2D eigenvalue weighted by atomic mass is 35.5. The second kappa shape index (κ2) is 8.41. The van der Waals surface area contributed by atoms with Gasteiger partial charge in [0, 0.05) is 5.56 Å². The highest BCUT2D eigenvalue weighted by molar-refractivity contribution is 6.44. The summed E-state index contributed by atoms with van der Waals surface area (Å²) in [6.45, 7) is 0. The molecule has 0 bridgehead atoms. The molecule has 0 radical (unpaired) electrons. The van der Waals surface area contributed by atoms with Crippen LogP contribution in [0.3, 0.4) is 0 Å². The van der Waals surface area contributed by atoms with Crippen molar-refractivity contribution in [2.75, 3.05) is 0 Å². The van der Waals surface area contributed by atoms with E-state index in [0.29, 0.717) is 32.2 Å². The zero-order valence-corrected chi connectivity index (χ0v) is 15.6. The number of hydrogen-bond donors (Lipinski definition) is 1. The first-order valence-corrected chi connectivity index (χ1v) is 8.77. The Kier molecular flexibility index (Phi) is 5.99. The van der Waals surface area contributed by atoms with E-state index in [0.717, 1.165) is 5.56 Å². The van der Waals surface area contributed by atoms with E-state index in [1.807, 2.05) is 30.3 Å². The third-order valence-corrected chi connectivity index (χ3v) is 4.53. The molecular formula is C19H13Cl3N2O2. The number of amides is 1. The minimum Gasteiger partial charge on any atom is -0.455 e. The maximum atomic E-state index is 11.8. The molecule has 1 N–H and O–H groups in total.